The summed E-state index contributed by atoms with van der Waals surface area (Å²) in [4.78, 5) is 34.4. The summed E-state index contributed by atoms with van der Waals surface area (Å²) < 4.78 is 4.55. The Labute approximate surface area is 151 Å². The Bertz CT molecular complexity index is 803. The third-order valence-corrected chi connectivity index (χ3v) is 3.93. The molecule has 8 heteroatoms. The maximum Gasteiger partial charge on any atom is 0.305 e. The highest BCUT2D eigenvalue weighted by Gasteiger charge is 2.06. The molecule has 0 radical (unpaired) electrons. The second-order valence-electron chi connectivity index (χ2n) is 5.86. The van der Waals surface area contributed by atoms with Crippen molar-refractivity contribution in [2.45, 2.75) is 32.1 Å². The van der Waals surface area contributed by atoms with Gasteiger partial charge in [-0.15, -0.1) is 0 Å². The standard InChI is InChI=1S/C18H24N4O4/c1-26-16(24)10-5-4-9-15(23)19-11-6-12-20-17-13-7-2-3-8-14(13)18(25)22-21-17/h2-3,7-8H,4-6,9-12H2,1H3,(H,19,23)(H,20,21)(H,22,25). The highest BCUT2D eigenvalue weighted by molar-refractivity contribution is 5.90. The zero-order valence-corrected chi connectivity index (χ0v) is 14.8. The van der Waals surface area contributed by atoms with Crippen LogP contribution in [0.15, 0.2) is 29.1 Å². The minimum Gasteiger partial charge on any atom is -0.469 e. The van der Waals surface area contributed by atoms with E-state index in [1.165, 1.54) is 7.11 Å². The van der Waals surface area contributed by atoms with Gasteiger partial charge < -0.3 is 15.4 Å². The fourth-order valence-electron chi connectivity index (χ4n) is 2.52. The SMILES string of the molecule is COC(=O)CCCCC(=O)NCCCNc1n[nH]c(=O)c2ccccc12. The van der Waals surface area contributed by atoms with Crippen molar-refractivity contribution in [3.63, 3.8) is 0 Å². The molecule has 0 fully saturated rings. The van der Waals surface area contributed by atoms with Gasteiger partial charge in [0.25, 0.3) is 5.56 Å². The molecule has 0 aliphatic carbocycles. The summed E-state index contributed by atoms with van der Waals surface area (Å²) in [5, 5.41) is 13.9. The van der Waals surface area contributed by atoms with E-state index in [1.54, 1.807) is 6.07 Å². The maximum absolute atomic E-state index is 11.7. The number of carbonyl (C=O) groups excluding carboxylic acids is 2. The molecule has 0 saturated carbocycles. The van der Waals surface area contributed by atoms with Gasteiger partial charge in [-0.2, -0.15) is 5.10 Å². The summed E-state index contributed by atoms with van der Waals surface area (Å²) in [5.74, 6) is 0.344. The van der Waals surface area contributed by atoms with Gasteiger partial charge in [0.1, 0.15) is 0 Å². The van der Waals surface area contributed by atoms with Crippen LogP contribution in [0, 0.1) is 0 Å². The molecule has 0 atom stereocenters. The Hall–Kier alpha value is -2.90. The number of anilines is 1. The molecule has 0 bridgehead atoms. The van der Waals surface area contributed by atoms with Gasteiger partial charge in [-0.25, -0.2) is 5.10 Å². The van der Waals surface area contributed by atoms with Gasteiger partial charge in [0, 0.05) is 31.3 Å². The number of H-pyrrole nitrogens is 1. The molecule has 26 heavy (non-hydrogen) atoms. The van der Waals surface area contributed by atoms with Crippen molar-refractivity contribution in [3.05, 3.63) is 34.6 Å². The Kier molecular flexibility index (Phi) is 7.60. The van der Waals surface area contributed by atoms with Crippen LogP contribution in [0.5, 0.6) is 0 Å². The summed E-state index contributed by atoms with van der Waals surface area (Å²) >= 11 is 0. The zero-order chi connectivity index (χ0) is 18.8. The van der Waals surface area contributed by atoms with Crippen LogP contribution in [0.25, 0.3) is 10.8 Å². The molecule has 140 valence electrons. The van der Waals surface area contributed by atoms with Crippen LogP contribution < -0.4 is 16.2 Å². The molecule has 1 aromatic heterocycles. The first-order chi connectivity index (χ1) is 12.6. The molecule has 0 unspecified atom stereocenters. The lowest BCUT2D eigenvalue weighted by Gasteiger charge is -2.09. The van der Waals surface area contributed by atoms with Crippen molar-refractivity contribution in [2.75, 3.05) is 25.5 Å². The summed E-state index contributed by atoms with van der Waals surface area (Å²) in [6.07, 6.45) is 2.77. The van der Waals surface area contributed by atoms with Gasteiger partial charge >= 0.3 is 5.97 Å². The van der Waals surface area contributed by atoms with Gasteiger partial charge in [0.2, 0.25) is 5.91 Å². The Morgan fingerprint density at radius 3 is 2.58 bits per heavy atom. The third kappa shape index (κ3) is 5.87. The predicted molar refractivity (Wildman–Crippen MR) is 99.0 cm³/mol. The number of carbonyl (C=O) groups is 2. The molecular formula is C18H24N4O4. The lowest BCUT2D eigenvalue weighted by molar-refractivity contribution is -0.140. The highest BCUT2D eigenvalue weighted by Crippen LogP contribution is 2.16. The summed E-state index contributed by atoms with van der Waals surface area (Å²) in [6, 6.07) is 7.26. The van der Waals surface area contributed by atoms with E-state index in [1.807, 2.05) is 18.2 Å². The zero-order valence-electron chi connectivity index (χ0n) is 14.8. The molecule has 8 nitrogen and oxygen atoms in total. The van der Waals surface area contributed by atoms with E-state index in [9.17, 15) is 14.4 Å². The number of aromatic amines is 1. The summed E-state index contributed by atoms with van der Waals surface area (Å²) in [5.41, 5.74) is -0.217. The molecule has 2 rings (SSSR count). The van der Waals surface area contributed by atoms with Crippen molar-refractivity contribution in [2.24, 2.45) is 0 Å². The number of amides is 1. The fraction of sp³-hybridized carbons (Fsp3) is 0.444. The van der Waals surface area contributed by atoms with Crippen LogP contribution in [0.3, 0.4) is 0 Å². The van der Waals surface area contributed by atoms with Gasteiger partial charge in [0.15, 0.2) is 5.82 Å². The first kappa shape index (κ1) is 19.4. The molecular weight excluding hydrogens is 336 g/mol. The number of esters is 1. The number of hydrogen-bond donors (Lipinski definition) is 3. The normalized spacial score (nSPS) is 10.5. The molecule has 0 aliphatic heterocycles. The number of aromatic nitrogens is 2. The van der Waals surface area contributed by atoms with Crippen LogP contribution >= 0.6 is 0 Å². The van der Waals surface area contributed by atoms with E-state index < -0.39 is 0 Å². The number of nitrogens with zero attached hydrogens (tertiary/aromatic N) is 1. The van der Waals surface area contributed by atoms with Gasteiger partial charge in [0.05, 0.1) is 12.5 Å². The third-order valence-electron chi connectivity index (χ3n) is 3.93. The van der Waals surface area contributed by atoms with Crippen LogP contribution in [-0.4, -0.2) is 42.3 Å². The summed E-state index contributed by atoms with van der Waals surface area (Å²) in [6.45, 7) is 1.16. The van der Waals surface area contributed by atoms with Crippen LogP contribution in [0.2, 0.25) is 0 Å². The quantitative estimate of drug-likeness (QED) is 0.438. The second-order valence-corrected chi connectivity index (χ2v) is 5.86. The molecule has 3 N–H and O–H groups in total. The van der Waals surface area contributed by atoms with Crippen LogP contribution in [-0.2, 0) is 14.3 Å². The van der Waals surface area contributed by atoms with Crippen LogP contribution in [0.1, 0.15) is 32.1 Å². The molecule has 2 aromatic rings. The van der Waals surface area contributed by atoms with Gasteiger partial charge in [-0.1, -0.05) is 18.2 Å². The molecule has 0 spiro atoms. The molecule has 1 aromatic carbocycles. The topological polar surface area (TPSA) is 113 Å². The smallest absolute Gasteiger partial charge is 0.305 e. The number of unbranched alkanes of at least 4 members (excludes halogenated alkanes) is 1. The van der Waals surface area contributed by atoms with E-state index in [4.69, 9.17) is 0 Å². The number of benzene rings is 1. The monoisotopic (exact) mass is 360 g/mol. The number of fused-ring (bicyclic) bond motifs is 1. The molecule has 1 amide bonds. The molecule has 0 aliphatic rings. The van der Waals surface area contributed by atoms with Gasteiger partial charge in [-0.3, -0.25) is 14.4 Å². The average Bonchev–Trinajstić information content (AvgIpc) is 2.66. The van der Waals surface area contributed by atoms with Crippen molar-refractivity contribution >= 4 is 28.5 Å². The van der Waals surface area contributed by atoms with Crippen molar-refractivity contribution < 1.29 is 14.3 Å². The fourth-order valence-corrected chi connectivity index (χ4v) is 2.52. The first-order valence-corrected chi connectivity index (χ1v) is 8.66. The second kappa shape index (κ2) is 10.2. The maximum atomic E-state index is 11.7. The van der Waals surface area contributed by atoms with Crippen LogP contribution in [0.4, 0.5) is 5.82 Å². The number of hydrogen-bond acceptors (Lipinski definition) is 6. The lowest BCUT2D eigenvalue weighted by Crippen LogP contribution is -2.25. The lowest BCUT2D eigenvalue weighted by atomic mass is 10.2. The Balaban J connectivity index is 1.65. The highest BCUT2D eigenvalue weighted by atomic mass is 16.5. The Morgan fingerprint density at radius 2 is 1.81 bits per heavy atom. The number of rotatable bonds is 10. The first-order valence-electron chi connectivity index (χ1n) is 8.66. The summed E-state index contributed by atoms with van der Waals surface area (Å²) in [7, 11) is 1.36. The Morgan fingerprint density at radius 1 is 1.08 bits per heavy atom. The number of ether oxygens (including phenoxy) is 1. The van der Waals surface area contributed by atoms with Crippen molar-refractivity contribution in [3.8, 4) is 0 Å². The number of methoxy groups -OCH3 is 1. The van der Waals surface area contributed by atoms with Crippen molar-refractivity contribution in [1.82, 2.24) is 15.5 Å². The van der Waals surface area contributed by atoms with E-state index in [0.29, 0.717) is 50.0 Å². The minimum absolute atomic E-state index is 0.0255. The minimum atomic E-state index is -0.250. The van der Waals surface area contributed by atoms with E-state index in [0.717, 1.165) is 11.8 Å². The predicted octanol–water partition coefficient (Wildman–Crippen LogP) is 1.57. The van der Waals surface area contributed by atoms with E-state index in [-0.39, 0.29) is 17.4 Å². The van der Waals surface area contributed by atoms with E-state index >= 15 is 0 Å². The average molecular weight is 360 g/mol. The van der Waals surface area contributed by atoms with Crippen molar-refractivity contribution in [1.29, 1.82) is 0 Å². The van der Waals surface area contributed by atoms with E-state index in [2.05, 4.69) is 25.6 Å². The van der Waals surface area contributed by atoms with Gasteiger partial charge in [-0.05, 0) is 25.3 Å². The molecule has 1 heterocycles. The largest absolute Gasteiger partial charge is 0.469 e. The number of nitrogens with one attached hydrogen (secondary N) is 3. The molecule has 0 saturated heterocycles.